The molecule has 0 amide bonds. The first-order valence-corrected chi connectivity index (χ1v) is 4.50. The summed E-state index contributed by atoms with van der Waals surface area (Å²) < 4.78 is 0. The first-order chi connectivity index (χ1) is 6.33. The van der Waals surface area contributed by atoms with E-state index in [1.165, 1.54) is 0 Å². The van der Waals surface area contributed by atoms with E-state index in [1.54, 1.807) is 6.20 Å². The van der Waals surface area contributed by atoms with Crippen LogP contribution in [0.15, 0.2) is 24.5 Å². The number of aromatic amines is 1. The van der Waals surface area contributed by atoms with Gasteiger partial charge in [0.1, 0.15) is 0 Å². The second kappa shape index (κ2) is 3.18. The van der Waals surface area contributed by atoms with Crippen LogP contribution in [0.1, 0.15) is 25.1 Å². The molecule has 0 aliphatic rings. The molecule has 3 nitrogen and oxygen atoms in total. The molecular weight excluding hydrogens is 162 g/mol. The van der Waals surface area contributed by atoms with Crippen LogP contribution in [0.2, 0.25) is 0 Å². The molecule has 3 N–H and O–H groups in total. The molecule has 2 heterocycles. The molecule has 0 bridgehead atoms. The second-order valence-corrected chi connectivity index (χ2v) is 3.15. The van der Waals surface area contributed by atoms with Crippen molar-refractivity contribution in [3.63, 3.8) is 0 Å². The monoisotopic (exact) mass is 175 g/mol. The maximum absolute atomic E-state index is 5.94. The average molecular weight is 175 g/mol. The zero-order valence-electron chi connectivity index (χ0n) is 7.62. The number of H-pyrrole nitrogens is 1. The lowest BCUT2D eigenvalue weighted by atomic mass is 10.1. The largest absolute Gasteiger partial charge is 0.361 e. The van der Waals surface area contributed by atoms with Crippen LogP contribution >= 0.6 is 0 Å². The normalized spacial score (nSPS) is 13.4. The molecule has 0 radical (unpaired) electrons. The van der Waals surface area contributed by atoms with Crippen LogP contribution in [0.4, 0.5) is 0 Å². The quantitative estimate of drug-likeness (QED) is 0.733. The SMILES string of the molecule is CC[C@@H](N)c1nccc2[nH]ccc12. The van der Waals surface area contributed by atoms with Crippen molar-refractivity contribution in [2.45, 2.75) is 19.4 Å². The molecule has 0 unspecified atom stereocenters. The van der Waals surface area contributed by atoms with Crippen LogP contribution in [0.5, 0.6) is 0 Å². The lowest BCUT2D eigenvalue weighted by Crippen LogP contribution is -2.10. The molecule has 1 atom stereocenters. The highest BCUT2D eigenvalue weighted by Crippen LogP contribution is 2.21. The van der Waals surface area contributed by atoms with Gasteiger partial charge in [0.25, 0.3) is 0 Å². The Kier molecular flexibility index (Phi) is 2.02. The number of pyridine rings is 1. The maximum Gasteiger partial charge on any atom is 0.0664 e. The molecule has 3 heteroatoms. The Labute approximate surface area is 77.0 Å². The highest BCUT2D eigenvalue weighted by atomic mass is 14.8. The predicted octanol–water partition coefficient (Wildman–Crippen LogP) is 1.97. The van der Waals surface area contributed by atoms with E-state index in [4.69, 9.17) is 5.73 Å². The standard InChI is InChI=1S/C10H13N3/c1-2-8(11)10-7-3-5-12-9(7)4-6-13-10/h3-6,8,12H,2,11H2,1H3/t8-/m1/s1. The molecule has 0 aliphatic heterocycles. The van der Waals surface area contributed by atoms with Gasteiger partial charge in [-0.25, -0.2) is 0 Å². The molecule has 0 saturated heterocycles. The third-order valence-electron chi connectivity index (χ3n) is 2.30. The van der Waals surface area contributed by atoms with Crippen molar-refractivity contribution in [3.05, 3.63) is 30.2 Å². The van der Waals surface area contributed by atoms with Crippen LogP contribution in [0.3, 0.4) is 0 Å². The molecule has 2 aromatic rings. The first kappa shape index (κ1) is 8.26. The number of hydrogen-bond acceptors (Lipinski definition) is 2. The highest BCUT2D eigenvalue weighted by Gasteiger charge is 2.09. The summed E-state index contributed by atoms with van der Waals surface area (Å²) in [5.41, 5.74) is 8.04. The Morgan fingerprint density at radius 1 is 1.54 bits per heavy atom. The summed E-state index contributed by atoms with van der Waals surface area (Å²) in [6.45, 7) is 2.07. The minimum absolute atomic E-state index is 0.0412. The van der Waals surface area contributed by atoms with Gasteiger partial charge in [-0.2, -0.15) is 0 Å². The zero-order valence-corrected chi connectivity index (χ0v) is 7.62. The summed E-state index contributed by atoms with van der Waals surface area (Å²) in [5.74, 6) is 0. The molecule has 0 aromatic carbocycles. The number of hydrogen-bond donors (Lipinski definition) is 2. The molecule has 0 spiro atoms. The van der Waals surface area contributed by atoms with Gasteiger partial charge in [0, 0.05) is 29.3 Å². The van der Waals surface area contributed by atoms with Gasteiger partial charge in [-0.1, -0.05) is 6.92 Å². The van der Waals surface area contributed by atoms with Gasteiger partial charge >= 0.3 is 0 Å². The average Bonchev–Trinajstić information content (AvgIpc) is 2.63. The Morgan fingerprint density at radius 2 is 2.38 bits per heavy atom. The molecule has 0 saturated carbocycles. The Bertz CT molecular complexity index is 405. The minimum atomic E-state index is 0.0412. The van der Waals surface area contributed by atoms with Crippen molar-refractivity contribution in [2.75, 3.05) is 0 Å². The van der Waals surface area contributed by atoms with E-state index in [0.29, 0.717) is 0 Å². The van der Waals surface area contributed by atoms with Crippen molar-refractivity contribution in [1.82, 2.24) is 9.97 Å². The van der Waals surface area contributed by atoms with Crippen LogP contribution in [0, 0.1) is 0 Å². The van der Waals surface area contributed by atoms with E-state index in [-0.39, 0.29) is 6.04 Å². The van der Waals surface area contributed by atoms with Gasteiger partial charge in [0.2, 0.25) is 0 Å². The smallest absolute Gasteiger partial charge is 0.0664 e. The van der Waals surface area contributed by atoms with Crippen LogP contribution < -0.4 is 5.73 Å². The third-order valence-corrected chi connectivity index (χ3v) is 2.30. The van der Waals surface area contributed by atoms with Crippen molar-refractivity contribution in [3.8, 4) is 0 Å². The fourth-order valence-electron chi connectivity index (χ4n) is 1.49. The number of nitrogens with zero attached hydrogens (tertiary/aromatic N) is 1. The van der Waals surface area contributed by atoms with E-state index in [0.717, 1.165) is 23.0 Å². The van der Waals surface area contributed by atoms with Gasteiger partial charge in [0.15, 0.2) is 0 Å². The van der Waals surface area contributed by atoms with Gasteiger partial charge in [-0.3, -0.25) is 4.98 Å². The number of fused-ring (bicyclic) bond motifs is 1. The van der Waals surface area contributed by atoms with Crippen LogP contribution in [0.25, 0.3) is 10.9 Å². The van der Waals surface area contributed by atoms with E-state index in [9.17, 15) is 0 Å². The van der Waals surface area contributed by atoms with Gasteiger partial charge < -0.3 is 10.7 Å². The predicted molar refractivity (Wildman–Crippen MR) is 53.3 cm³/mol. The summed E-state index contributed by atoms with van der Waals surface area (Å²) >= 11 is 0. The fraction of sp³-hybridized carbons (Fsp3) is 0.300. The van der Waals surface area contributed by atoms with E-state index >= 15 is 0 Å². The summed E-state index contributed by atoms with van der Waals surface area (Å²) in [6, 6.07) is 4.02. The summed E-state index contributed by atoms with van der Waals surface area (Å²) in [7, 11) is 0. The molecule has 0 fully saturated rings. The van der Waals surface area contributed by atoms with E-state index in [2.05, 4.69) is 16.9 Å². The Balaban J connectivity index is 2.60. The number of rotatable bonds is 2. The van der Waals surface area contributed by atoms with Gasteiger partial charge in [-0.15, -0.1) is 0 Å². The summed E-state index contributed by atoms with van der Waals surface area (Å²) in [6.07, 6.45) is 4.62. The van der Waals surface area contributed by atoms with Crippen LogP contribution in [-0.4, -0.2) is 9.97 Å². The molecule has 0 aliphatic carbocycles. The number of nitrogens with one attached hydrogen (secondary N) is 1. The van der Waals surface area contributed by atoms with E-state index < -0.39 is 0 Å². The highest BCUT2D eigenvalue weighted by molar-refractivity contribution is 5.81. The maximum atomic E-state index is 5.94. The zero-order chi connectivity index (χ0) is 9.26. The number of nitrogens with two attached hydrogens (primary N) is 1. The topological polar surface area (TPSA) is 54.7 Å². The van der Waals surface area contributed by atoms with Gasteiger partial charge in [-0.05, 0) is 18.6 Å². The summed E-state index contributed by atoms with van der Waals surface area (Å²) in [5, 5.41) is 1.14. The molecule has 2 rings (SSSR count). The van der Waals surface area contributed by atoms with Crippen molar-refractivity contribution >= 4 is 10.9 Å². The first-order valence-electron chi connectivity index (χ1n) is 4.50. The van der Waals surface area contributed by atoms with Crippen molar-refractivity contribution in [1.29, 1.82) is 0 Å². The van der Waals surface area contributed by atoms with Crippen molar-refractivity contribution < 1.29 is 0 Å². The lowest BCUT2D eigenvalue weighted by Gasteiger charge is -2.08. The molecule has 2 aromatic heterocycles. The third kappa shape index (κ3) is 1.31. The second-order valence-electron chi connectivity index (χ2n) is 3.15. The van der Waals surface area contributed by atoms with Crippen LogP contribution in [-0.2, 0) is 0 Å². The lowest BCUT2D eigenvalue weighted by molar-refractivity contribution is 0.682. The van der Waals surface area contributed by atoms with Crippen molar-refractivity contribution in [2.24, 2.45) is 5.73 Å². The molecule has 13 heavy (non-hydrogen) atoms. The van der Waals surface area contributed by atoms with Gasteiger partial charge in [0.05, 0.1) is 5.69 Å². The summed E-state index contributed by atoms with van der Waals surface area (Å²) in [4.78, 5) is 7.45. The number of aromatic nitrogens is 2. The molecular formula is C10H13N3. The Morgan fingerprint density at radius 3 is 3.15 bits per heavy atom. The fourth-order valence-corrected chi connectivity index (χ4v) is 1.49. The van der Waals surface area contributed by atoms with E-state index in [1.807, 2.05) is 18.3 Å². The molecule has 68 valence electrons. The minimum Gasteiger partial charge on any atom is -0.361 e. The Hall–Kier alpha value is -1.35.